The van der Waals surface area contributed by atoms with Crippen molar-refractivity contribution in [3.8, 4) is 5.69 Å². The normalized spacial score (nSPS) is 20.1. The number of carbonyl (C=O) groups is 1. The van der Waals surface area contributed by atoms with Crippen molar-refractivity contribution in [1.82, 2.24) is 20.3 Å². The molecule has 0 bridgehead atoms. The van der Waals surface area contributed by atoms with E-state index in [0.29, 0.717) is 18.2 Å². The number of rotatable bonds is 4. The number of nitrogens with zero attached hydrogens (tertiary/aromatic N) is 3. The molecule has 2 unspecified atom stereocenters. The smallest absolute Gasteiger partial charge is 0.273 e. The summed E-state index contributed by atoms with van der Waals surface area (Å²) in [6.07, 6.45) is 4.84. The quantitative estimate of drug-likeness (QED) is 0.893. The molecule has 23 heavy (non-hydrogen) atoms. The standard InChI is InChI=1S/C16H21N5O.ClH/c1-11-5-7-13(8-6-11)21-10-15(19-20-21)16(22)18-14-4-2-3-12(14)9-17;/h5-8,10,12,14H,2-4,9,17H2,1H3,(H,18,22);1H. The molecule has 3 rings (SSSR count). The van der Waals surface area contributed by atoms with Crippen LogP contribution < -0.4 is 11.1 Å². The molecule has 7 heteroatoms. The Kier molecular flexibility index (Phi) is 5.74. The van der Waals surface area contributed by atoms with E-state index in [-0.39, 0.29) is 24.4 Å². The molecule has 2 atom stereocenters. The van der Waals surface area contributed by atoms with Crippen molar-refractivity contribution >= 4 is 18.3 Å². The van der Waals surface area contributed by atoms with Gasteiger partial charge < -0.3 is 11.1 Å². The lowest BCUT2D eigenvalue weighted by Crippen LogP contribution is -2.40. The monoisotopic (exact) mass is 335 g/mol. The second-order valence-corrected chi connectivity index (χ2v) is 5.89. The second-order valence-electron chi connectivity index (χ2n) is 5.89. The van der Waals surface area contributed by atoms with E-state index in [2.05, 4.69) is 15.6 Å². The summed E-state index contributed by atoms with van der Waals surface area (Å²) in [6, 6.07) is 8.06. The summed E-state index contributed by atoms with van der Waals surface area (Å²) in [4.78, 5) is 12.3. The Morgan fingerprint density at radius 2 is 2.09 bits per heavy atom. The molecule has 3 N–H and O–H groups in total. The number of nitrogens with two attached hydrogens (primary N) is 1. The highest BCUT2D eigenvalue weighted by Gasteiger charge is 2.28. The predicted octanol–water partition coefficient (Wildman–Crippen LogP) is 1.85. The molecule has 1 aliphatic carbocycles. The first-order chi connectivity index (χ1) is 10.7. The molecule has 1 saturated carbocycles. The number of hydrogen-bond acceptors (Lipinski definition) is 4. The lowest BCUT2D eigenvalue weighted by atomic mass is 10.0. The average molecular weight is 336 g/mol. The van der Waals surface area contributed by atoms with E-state index in [1.807, 2.05) is 31.2 Å². The zero-order valence-electron chi connectivity index (χ0n) is 13.1. The molecule has 1 fully saturated rings. The Bertz CT molecular complexity index is 655. The highest BCUT2D eigenvalue weighted by atomic mass is 35.5. The highest BCUT2D eigenvalue weighted by molar-refractivity contribution is 5.92. The molecule has 0 aliphatic heterocycles. The number of hydrogen-bond donors (Lipinski definition) is 2. The van der Waals surface area contributed by atoms with Crippen LogP contribution >= 0.6 is 12.4 Å². The molecule has 1 aromatic heterocycles. The fraction of sp³-hybridized carbons (Fsp3) is 0.438. The third-order valence-electron chi connectivity index (χ3n) is 4.30. The number of halogens is 1. The summed E-state index contributed by atoms with van der Waals surface area (Å²) in [5, 5.41) is 11.0. The van der Waals surface area contributed by atoms with Gasteiger partial charge in [-0.3, -0.25) is 4.79 Å². The summed E-state index contributed by atoms with van der Waals surface area (Å²) >= 11 is 0. The largest absolute Gasteiger partial charge is 0.348 e. The van der Waals surface area contributed by atoms with Crippen molar-refractivity contribution in [2.75, 3.05) is 6.54 Å². The van der Waals surface area contributed by atoms with Gasteiger partial charge in [-0.2, -0.15) is 0 Å². The fourth-order valence-electron chi connectivity index (χ4n) is 2.94. The first kappa shape index (κ1) is 17.4. The summed E-state index contributed by atoms with van der Waals surface area (Å²) in [7, 11) is 0. The third kappa shape index (κ3) is 3.89. The number of aromatic nitrogens is 3. The molecular formula is C16H22ClN5O. The van der Waals surface area contributed by atoms with Gasteiger partial charge in [0.05, 0.1) is 11.9 Å². The number of amides is 1. The summed E-state index contributed by atoms with van der Waals surface area (Å²) < 4.78 is 1.61. The molecule has 2 aromatic rings. The maximum Gasteiger partial charge on any atom is 0.273 e. The molecule has 0 saturated heterocycles. The van der Waals surface area contributed by atoms with Crippen molar-refractivity contribution in [3.63, 3.8) is 0 Å². The van der Waals surface area contributed by atoms with Gasteiger partial charge in [0, 0.05) is 6.04 Å². The van der Waals surface area contributed by atoms with Crippen molar-refractivity contribution in [1.29, 1.82) is 0 Å². The van der Waals surface area contributed by atoms with Crippen LogP contribution in [0.25, 0.3) is 5.69 Å². The Morgan fingerprint density at radius 3 is 2.78 bits per heavy atom. The summed E-state index contributed by atoms with van der Waals surface area (Å²) in [6.45, 7) is 2.64. The van der Waals surface area contributed by atoms with E-state index in [0.717, 1.165) is 24.9 Å². The Morgan fingerprint density at radius 1 is 1.35 bits per heavy atom. The van der Waals surface area contributed by atoms with Crippen LogP contribution in [0.5, 0.6) is 0 Å². The van der Waals surface area contributed by atoms with Gasteiger partial charge in [-0.15, -0.1) is 17.5 Å². The average Bonchev–Trinajstić information content (AvgIpc) is 3.16. The van der Waals surface area contributed by atoms with Crippen LogP contribution in [0.2, 0.25) is 0 Å². The van der Waals surface area contributed by atoms with Gasteiger partial charge in [-0.1, -0.05) is 29.3 Å². The minimum absolute atomic E-state index is 0. The zero-order valence-corrected chi connectivity index (χ0v) is 13.9. The second kappa shape index (κ2) is 7.57. The molecule has 1 aliphatic rings. The van der Waals surface area contributed by atoms with E-state index < -0.39 is 0 Å². The predicted molar refractivity (Wildman–Crippen MR) is 91.0 cm³/mol. The maximum atomic E-state index is 12.3. The van der Waals surface area contributed by atoms with Gasteiger partial charge in [0.1, 0.15) is 0 Å². The molecular weight excluding hydrogens is 314 g/mol. The first-order valence-corrected chi connectivity index (χ1v) is 7.67. The van der Waals surface area contributed by atoms with Gasteiger partial charge in [0.25, 0.3) is 5.91 Å². The van der Waals surface area contributed by atoms with Gasteiger partial charge in [-0.25, -0.2) is 4.68 Å². The molecule has 0 radical (unpaired) electrons. The number of nitrogens with one attached hydrogen (secondary N) is 1. The van der Waals surface area contributed by atoms with Gasteiger partial charge in [0.15, 0.2) is 5.69 Å². The topological polar surface area (TPSA) is 85.8 Å². The first-order valence-electron chi connectivity index (χ1n) is 7.67. The Hall–Kier alpha value is -1.92. The van der Waals surface area contributed by atoms with Crippen LogP contribution in [0.15, 0.2) is 30.5 Å². The zero-order chi connectivity index (χ0) is 15.5. The van der Waals surface area contributed by atoms with E-state index in [1.165, 1.54) is 5.56 Å². The Balaban J connectivity index is 0.00000192. The van der Waals surface area contributed by atoms with Crippen molar-refractivity contribution < 1.29 is 4.79 Å². The van der Waals surface area contributed by atoms with E-state index >= 15 is 0 Å². The Labute approximate surface area is 141 Å². The molecule has 1 heterocycles. The lowest BCUT2D eigenvalue weighted by molar-refractivity contribution is 0.0923. The minimum Gasteiger partial charge on any atom is -0.348 e. The van der Waals surface area contributed by atoms with Crippen LogP contribution in [-0.2, 0) is 0 Å². The SMILES string of the molecule is Cc1ccc(-n2cc(C(=O)NC3CCCC3CN)nn2)cc1.Cl. The van der Waals surface area contributed by atoms with Crippen molar-refractivity contribution in [3.05, 3.63) is 41.7 Å². The molecule has 1 aromatic carbocycles. The van der Waals surface area contributed by atoms with Crippen LogP contribution in [0.1, 0.15) is 35.3 Å². The summed E-state index contributed by atoms with van der Waals surface area (Å²) in [5.41, 5.74) is 8.15. The van der Waals surface area contributed by atoms with Gasteiger partial charge in [-0.05, 0) is 44.4 Å². The molecule has 6 nitrogen and oxygen atoms in total. The van der Waals surface area contributed by atoms with Crippen LogP contribution in [0, 0.1) is 12.8 Å². The number of carbonyl (C=O) groups excluding carboxylic acids is 1. The number of benzene rings is 1. The fourth-order valence-corrected chi connectivity index (χ4v) is 2.94. The number of aryl methyl sites for hydroxylation is 1. The molecule has 1 amide bonds. The van der Waals surface area contributed by atoms with Crippen molar-refractivity contribution in [2.45, 2.75) is 32.2 Å². The van der Waals surface area contributed by atoms with Crippen molar-refractivity contribution in [2.24, 2.45) is 11.7 Å². The summed E-state index contributed by atoms with van der Waals surface area (Å²) in [5.74, 6) is 0.194. The van der Waals surface area contributed by atoms with E-state index in [1.54, 1.807) is 10.9 Å². The minimum atomic E-state index is -0.177. The molecule has 0 spiro atoms. The van der Waals surface area contributed by atoms with Gasteiger partial charge >= 0.3 is 0 Å². The lowest BCUT2D eigenvalue weighted by Gasteiger charge is -2.18. The van der Waals surface area contributed by atoms with E-state index in [4.69, 9.17) is 5.73 Å². The molecule has 124 valence electrons. The van der Waals surface area contributed by atoms with E-state index in [9.17, 15) is 4.79 Å². The van der Waals surface area contributed by atoms with Gasteiger partial charge in [0.2, 0.25) is 0 Å². The van der Waals surface area contributed by atoms with Crippen LogP contribution in [-0.4, -0.2) is 33.5 Å². The maximum absolute atomic E-state index is 12.3. The van der Waals surface area contributed by atoms with Crippen LogP contribution in [0.4, 0.5) is 0 Å². The third-order valence-corrected chi connectivity index (χ3v) is 4.30. The van der Waals surface area contributed by atoms with Crippen LogP contribution in [0.3, 0.4) is 0 Å². The highest BCUT2D eigenvalue weighted by Crippen LogP contribution is 2.24.